The van der Waals surface area contributed by atoms with Crippen molar-refractivity contribution in [1.82, 2.24) is 4.90 Å². The summed E-state index contributed by atoms with van der Waals surface area (Å²) in [6.45, 7) is 1.55. The van der Waals surface area contributed by atoms with E-state index < -0.39 is 11.9 Å². The lowest BCUT2D eigenvalue weighted by Gasteiger charge is -2.25. The normalized spacial score (nSPS) is 11.4. The van der Waals surface area contributed by atoms with Crippen LogP contribution in [-0.4, -0.2) is 36.3 Å². The molecule has 0 aliphatic rings. The summed E-state index contributed by atoms with van der Waals surface area (Å²) in [5.74, 6) is -1.13. The van der Waals surface area contributed by atoms with E-state index >= 15 is 0 Å². The highest BCUT2D eigenvalue weighted by molar-refractivity contribution is 6.02. The van der Waals surface area contributed by atoms with Crippen molar-refractivity contribution in [2.75, 3.05) is 19.0 Å². The highest BCUT2D eigenvalue weighted by atomic mass is 16.5. The number of hydrogen-bond acceptors (Lipinski definition) is 5. The van der Waals surface area contributed by atoms with Gasteiger partial charge in [-0.2, -0.15) is 0 Å². The second kappa shape index (κ2) is 9.56. The van der Waals surface area contributed by atoms with Gasteiger partial charge in [-0.3, -0.25) is 9.59 Å². The number of carbonyl (C=O) groups is 3. The molecule has 1 aromatic heterocycles. The summed E-state index contributed by atoms with van der Waals surface area (Å²) in [5.41, 5.74) is 1.77. The van der Waals surface area contributed by atoms with Crippen molar-refractivity contribution in [3.8, 4) is 0 Å². The van der Waals surface area contributed by atoms with Gasteiger partial charge in [0.25, 0.3) is 11.8 Å². The lowest BCUT2D eigenvalue weighted by atomic mass is 10.1. The van der Waals surface area contributed by atoms with Crippen LogP contribution in [0.1, 0.15) is 39.4 Å². The van der Waals surface area contributed by atoms with E-state index in [0.29, 0.717) is 5.69 Å². The van der Waals surface area contributed by atoms with Crippen LogP contribution in [0.4, 0.5) is 5.69 Å². The lowest BCUT2D eigenvalue weighted by molar-refractivity contribution is -0.135. The Hall–Kier alpha value is -3.87. The van der Waals surface area contributed by atoms with E-state index in [1.54, 1.807) is 31.3 Å². The molecular formula is C23H22N2O5. The van der Waals surface area contributed by atoms with E-state index in [-0.39, 0.29) is 29.9 Å². The third-order valence-electron chi connectivity index (χ3n) is 4.71. The average Bonchev–Trinajstić information content (AvgIpc) is 3.32. The van der Waals surface area contributed by atoms with Gasteiger partial charge in [0.2, 0.25) is 0 Å². The zero-order chi connectivity index (χ0) is 21.5. The maximum Gasteiger partial charge on any atom is 0.338 e. The number of hydrogen-bond donors (Lipinski definition) is 1. The highest BCUT2D eigenvalue weighted by Gasteiger charge is 2.19. The van der Waals surface area contributed by atoms with Gasteiger partial charge in [-0.05, 0) is 48.9 Å². The van der Waals surface area contributed by atoms with Gasteiger partial charge in [0.1, 0.15) is 0 Å². The van der Waals surface area contributed by atoms with E-state index in [2.05, 4.69) is 5.32 Å². The molecule has 7 nitrogen and oxygen atoms in total. The molecule has 1 unspecified atom stereocenters. The first kappa shape index (κ1) is 20.9. The Labute approximate surface area is 174 Å². The van der Waals surface area contributed by atoms with Crippen molar-refractivity contribution >= 4 is 23.5 Å². The first-order valence-electron chi connectivity index (χ1n) is 9.38. The van der Waals surface area contributed by atoms with Crippen LogP contribution in [-0.2, 0) is 9.53 Å². The molecule has 0 saturated heterocycles. The topological polar surface area (TPSA) is 88.9 Å². The number of amides is 2. The zero-order valence-electron chi connectivity index (χ0n) is 16.7. The Bertz CT molecular complexity index is 998. The number of likely N-dealkylation sites (N-methyl/N-ethyl adjacent to an activating group) is 1. The predicted octanol–water partition coefficient (Wildman–Crippen LogP) is 3.91. The summed E-state index contributed by atoms with van der Waals surface area (Å²) in [4.78, 5) is 38.1. The number of carbonyl (C=O) groups excluding carboxylic acids is 3. The molecule has 1 N–H and O–H groups in total. The molecule has 154 valence electrons. The van der Waals surface area contributed by atoms with Crippen molar-refractivity contribution in [2.45, 2.75) is 13.0 Å². The highest BCUT2D eigenvalue weighted by Crippen LogP contribution is 2.18. The van der Waals surface area contributed by atoms with Crippen LogP contribution in [0, 0.1) is 0 Å². The van der Waals surface area contributed by atoms with Crippen LogP contribution in [0.15, 0.2) is 77.4 Å². The van der Waals surface area contributed by atoms with Crippen LogP contribution in [0.3, 0.4) is 0 Å². The molecule has 7 heteroatoms. The van der Waals surface area contributed by atoms with Gasteiger partial charge in [-0.25, -0.2) is 4.79 Å². The number of anilines is 1. The second-order valence-electron chi connectivity index (χ2n) is 6.68. The van der Waals surface area contributed by atoms with Crippen LogP contribution in [0.2, 0.25) is 0 Å². The van der Waals surface area contributed by atoms with Gasteiger partial charge in [0, 0.05) is 12.7 Å². The van der Waals surface area contributed by atoms with E-state index in [4.69, 9.17) is 9.15 Å². The van der Waals surface area contributed by atoms with Gasteiger partial charge in [-0.1, -0.05) is 30.3 Å². The maximum absolute atomic E-state index is 12.4. The SMILES string of the molecule is CC(c1ccccc1)N(C)C(=O)COC(=O)c1ccc(NC(=O)c2ccco2)cc1. The fourth-order valence-electron chi connectivity index (χ4n) is 2.77. The average molecular weight is 406 g/mol. The first-order chi connectivity index (χ1) is 14.5. The van der Waals surface area contributed by atoms with Crippen molar-refractivity contribution in [3.63, 3.8) is 0 Å². The van der Waals surface area contributed by atoms with Gasteiger partial charge >= 0.3 is 5.97 Å². The molecule has 1 atom stereocenters. The molecule has 30 heavy (non-hydrogen) atoms. The summed E-state index contributed by atoms with van der Waals surface area (Å²) in [6, 6.07) is 18.8. The number of esters is 1. The number of nitrogens with zero attached hydrogens (tertiary/aromatic N) is 1. The summed E-state index contributed by atoms with van der Waals surface area (Å²) in [5, 5.41) is 2.66. The van der Waals surface area contributed by atoms with Crippen LogP contribution < -0.4 is 5.32 Å². The van der Waals surface area contributed by atoms with E-state index in [0.717, 1.165) is 5.56 Å². The summed E-state index contributed by atoms with van der Waals surface area (Å²) in [6.07, 6.45) is 1.41. The van der Waals surface area contributed by atoms with Gasteiger partial charge in [-0.15, -0.1) is 0 Å². The standard InChI is InChI=1S/C23H22N2O5/c1-16(17-7-4-3-5-8-17)25(2)21(26)15-30-23(28)18-10-12-19(13-11-18)24-22(27)20-9-6-14-29-20/h3-14,16H,15H2,1-2H3,(H,24,27). The van der Waals surface area contributed by atoms with Crippen LogP contribution >= 0.6 is 0 Å². The quantitative estimate of drug-likeness (QED) is 0.601. The van der Waals surface area contributed by atoms with Crippen molar-refractivity contribution in [2.24, 2.45) is 0 Å². The summed E-state index contributed by atoms with van der Waals surface area (Å²) in [7, 11) is 1.67. The minimum Gasteiger partial charge on any atom is -0.459 e. The Morgan fingerprint density at radius 2 is 1.70 bits per heavy atom. The maximum atomic E-state index is 12.4. The van der Waals surface area contributed by atoms with Gasteiger partial charge in [0.05, 0.1) is 17.9 Å². The molecule has 1 heterocycles. The van der Waals surface area contributed by atoms with Crippen molar-refractivity contribution in [1.29, 1.82) is 0 Å². The molecule has 3 aromatic rings. The Balaban J connectivity index is 1.52. The summed E-state index contributed by atoms with van der Waals surface area (Å²) >= 11 is 0. The molecule has 0 fully saturated rings. The molecule has 0 aliphatic heterocycles. The first-order valence-corrected chi connectivity index (χ1v) is 9.38. The Kier molecular flexibility index (Phi) is 6.64. The molecule has 0 radical (unpaired) electrons. The van der Waals surface area contributed by atoms with Crippen LogP contribution in [0.5, 0.6) is 0 Å². The Morgan fingerprint density at radius 1 is 1.00 bits per heavy atom. The molecule has 0 aliphatic carbocycles. The Morgan fingerprint density at radius 3 is 2.33 bits per heavy atom. The predicted molar refractivity (Wildman–Crippen MR) is 111 cm³/mol. The smallest absolute Gasteiger partial charge is 0.338 e. The third kappa shape index (κ3) is 5.14. The number of nitrogens with one attached hydrogen (secondary N) is 1. The number of ether oxygens (including phenoxy) is 1. The second-order valence-corrected chi connectivity index (χ2v) is 6.68. The fourth-order valence-corrected chi connectivity index (χ4v) is 2.77. The van der Waals surface area contributed by atoms with E-state index in [9.17, 15) is 14.4 Å². The van der Waals surface area contributed by atoms with Crippen molar-refractivity contribution in [3.05, 3.63) is 89.9 Å². The third-order valence-corrected chi connectivity index (χ3v) is 4.71. The van der Waals surface area contributed by atoms with E-state index in [1.807, 2.05) is 37.3 Å². The molecule has 0 spiro atoms. The summed E-state index contributed by atoms with van der Waals surface area (Å²) < 4.78 is 10.2. The number of rotatable bonds is 7. The molecule has 3 rings (SSSR count). The molecular weight excluding hydrogens is 384 g/mol. The molecule has 0 saturated carbocycles. The minimum atomic E-state index is -0.618. The molecule has 2 amide bonds. The number of furan rings is 1. The molecule has 2 aromatic carbocycles. The lowest BCUT2D eigenvalue weighted by Crippen LogP contribution is -2.33. The van der Waals surface area contributed by atoms with E-state index in [1.165, 1.54) is 23.3 Å². The monoisotopic (exact) mass is 406 g/mol. The number of benzene rings is 2. The van der Waals surface area contributed by atoms with Gasteiger partial charge in [0.15, 0.2) is 12.4 Å². The zero-order valence-corrected chi connectivity index (χ0v) is 16.7. The fraction of sp³-hybridized carbons (Fsp3) is 0.174. The largest absolute Gasteiger partial charge is 0.459 e. The van der Waals surface area contributed by atoms with Gasteiger partial charge < -0.3 is 19.4 Å². The van der Waals surface area contributed by atoms with Crippen molar-refractivity contribution < 1.29 is 23.5 Å². The minimum absolute atomic E-state index is 0.144. The van der Waals surface area contributed by atoms with Crippen LogP contribution in [0.25, 0.3) is 0 Å². The molecule has 0 bridgehead atoms.